The van der Waals surface area contributed by atoms with Crippen LogP contribution in [-0.4, -0.2) is 47.8 Å². The number of quaternary nitrogens is 1. The molecule has 0 atom stereocenters. The number of nitrogens with one attached hydrogen (secondary N) is 1. The summed E-state index contributed by atoms with van der Waals surface area (Å²) in [5.74, 6) is 0.583. The van der Waals surface area contributed by atoms with Crippen LogP contribution in [0.4, 0.5) is 10.6 Å². The Morgan fingerprint density at radius 2 is 1.84 bits per heavy atom. The number of carbonyl (C=O) groups excluding carboxylic acids is 1. The zero-order valence-corrected chi connectivity index (χ0v) is 17.2. The lowest BCUT2D eigenvalue weighted by Crippen LogP contribution is -3.00. The van der Waals surface area contributed by atoms with E-state index in [4.69, 9.17) is 4.74 Å². The maximum atomic E-state index is 12.4. The van der Waals surface area contributed by atoms with Crippen molar-refractivity contribution in [2.45, 2.75) is 24.9 Å². The first-order chi connectivity index (χ1) is 11.6. The summed E-state index contributed by atoms with van der Waals surface area (Å²) in [7, 11) is 2.30. The first kappa shape index (κ1) is 18.6. The fraction of sp³-hybridized carbons (Fsp3) is 0.444. The number of rotatable bonds is 3. The Morgan fingerprint density at radius 3 is 2.48 bits per heavy atom. The summed E-state index contributed by atoms with van der Waals surface area (Å²) in [4.78, 5) is 17.7. The quantitative estimate of drug-likeness (QED) is 0.531. The van der Waals surface area contributed by atoms with E-state index in [2.05, 4.69) is 17.3 Å². The predicted molar refractivity (Wildman–Crippen MR) is 95.0 cm³/mol. The van der Waals surface area contributed by atoms with Crippen molar-refractivity contribution in [1.29, 1.82) is 0 Å². The molecule has 1 amide bonds. The highest BCUT2D eigenvalue weighted by molar-refractivity contribution is 7.13. The monoisotopic (exact) mass is 471 g/mol. The number of halogens is 1. The van der Waals surface area contributed by atoms with Crippen molar-refractivity contribution in [2.75, 3.05) is 32.0 Å². The third kappa shape index (κ3) is 3.83. The maximum Gasteiger partial charge on any atom is 0.413 e. The Bertz CT molecular complexity index is 725. The summed E-state index contributed by atoms with van der Waals surface area (Å²) in [5, 5.41) is 2.86. The van der Waals surface area contributed by atoms with E-state index in [1.54, 1.807) is 5.51 Å². The molecule has 2 aromatic rings. The first-order valence-corrected chi connectivity index (χ1v) is 9.28. The van der Waals surface area contributed by atoms with Crippen LogP contribution in [0.25, 0.3) is 10.4 Å². The number of aromatic nitrogens is 1. The number of nitrogens with zero attached hydrogens (tertiary/aromatic N) is 2. The Labute approximate surface area is 169 Å². The Kier molecular flexibility index (Phi) is 5.36. The molecular weight excluding hydrogens is 449 g/mol. The molecule has 1 N–H and O–H groups in total. The molecule has 3 fully saturated rings. The summed E-state index contributed by atoms with van der Waals surface area (Å²) >= 11 is 1.52. The van der Waals surface area contributed by atoms with Crippen molar-refractivity contribution in [3.8, 4) is 10.4 Å². The van der Waals surface area contributed by atoms with E-state index in [-0.39, 0.29) is 35.7 Å². The van der Waals surface area contributed by atoms with Crippen LogP contribution in [0.15, 0.2) is 35.8 Å². The molecule has 1 aromatic carbocycles. The van der Waals surface area contributed by atoms with Gasteiger partial charge in [-0.3, -0.25) is 5.32 Å². The third-order valence-corrected chi connectivity index (χ3v) is 6.33. The number of carbonyl (C=O) groups is 1. The molecule has 7 heteroatoms. The number of thiazole rings is 1. The second-order valence-electron chi connectivity index (χ2n) is 7.13. The number of benzene rings is 1. The van der Waals surface area contributed by atoms with Crippen molar-refractivity contribution in [1.82, 2.24) is 4.98 Å². The molecule has 134 valence electrons. The normalized spacial score (nSPS) is 27.4. The van der Waals surface area contributed by atoms with Crippen LogP contribution >= 0.6 is 11.3 Å². The van der Waals surface area contributed by atoms with Crippen LogP contribution in [0.3, 0.4) is 0 Å². The highest BCUT2D eigenvalue weighted by Crippen LogP contribution is 2.39. The zero-order chi connectivity index (χ0) is 16.6. The second kappa shape index (κ2) is 7.20. The van der Waals surface area contributed by atoms with Crippen molar-refractivity contribution in [2.24, 2.45) is 0 Å². The fourth-order valence-electron chi connectivity index (χ4n) is 3.73. The van der Waals surface area contributed by atoms with Gasteiger partial charge in [-0.25, -0.2) is 9.78 Å². The molecule has 0 unspecified atom stereocenters. The third-order valence-electron chi connectivity index (χ3n) is 5.45. The number of amides is 1. The maximum absolute atomic E-state index is 12.4. The minimum absolute atomic E-state index is 0. The molecule has 3 saturated heterocycles. The second-order valence-corrected chi connectivity index (χ2v) is 7.99. The molecule has 25 heavy (non-hydrogen) atoms. The van der Waals surface area contributed by atoms with Crippen molar-refractivity contribution in [3.63, 3.8) is 0 Å². The topological polar surface area (TPSA) is 51.2 Å². The molecule has 3 aliphatic heterocycles. The molecule has 0 saturated carbocycles. The lowest BCUT2D eigenvalue weighted by Gasteiger charge is -2.51. The van der Waals surface area contributed by atoms with Gasteiger partial charge >= 0.3 is 6.09 Å². The van der Waals surface area contributed by atoms with Crippen molar-refractivity contribution in [3.05, 3.63) is 35.8 Å². The molecule has 0 aliphatic carbocycles. The highest BCUT2D eigenvalue weighted by atomic mass is 127. The van der Waals surface area contributed by atoms with Crippen molar-refractivity contribution < 1.29 is 38.0 Å². The number of fused-ring (bicyclic) bond motifs is 3. The summed E-state index contributed by atoms with van der Waals surface area (Å²) in [6.07, 6.45) is 2.49. The molecule has 2 bridgehead atoms. The standard InChI is InChI=1S/C18H21N3O2S.HI/c1-21-10-7-18(8-11-21,9-12-21)23-17(22)20-16-15(24-13-19-16)14-5-3-2-4-6-14;/h2-6,13H,7-12H2,1H3;1H. The van der Waals surface area contributed by atoms with Crippen LogP contribution in [0.5, 0.6) is 0 Å². The fourth-order valence-corrected chi connectivity index (χ4v) is 4.48. The summed E-state index contributed by atoms with van der Waals surface area (Å²) in [6, 6.07) is 9.97. The van der Waals surface area contributed by atoms with E-state index >= 15 is 0 Å². The van der Waals surface area contributed by atoms with Crippen LogP contribution in [-0.2, 0) is 4.74 Å². The minimum atomic E-state index is -0.379. The van der Waals surface area contributed by atoms with E-state index in [1.165, 1.54) is 11.3 Å². The molecule has 3 aliphatic rings. The van der Waals surface area contributed by atoms with Gasteiger partial charge in [0.25, 0.3) is 0 Å². The predicted octanol–water partition coefficient (Wildman–Crippen LogP) is 0.745. The molecule has 4 heterocycles. The molecular formula is C18H22IN3O2S. The van der Waals surface area contributed by atoms with Crippen LogP contribution < -0.4 is 29.3 Å². The Morgan fingerprint density at radius 1 is 1.20 bits per heavy atom. The molecule has 0 spiro atoms. The average Bonchev–Trinajstić information content (AvgIpc) is 3.05. The first-order valence-electron chi connectivity index (χ1n) is 8.40. The van der Waals surface area contributed by atoms with Gasteiger partial charge in [-0.05, 0) is 5.56 Å². The van der Waals surface area contributed by atoms with Crippen LogP contribution in [0, 0.1) is 0 Å². The van der Waals surface area contributed by atoms with Crippen LogP contribution in [0.2, 0.25) is 0 Å². The van der Waals surface area contributed by atoms with Gasteiger partial charge in [0.1, 0.15) is 5.60 Å². The van der Waals surface area contributed by atoms with Gasteiger partial charge in [0, 0.05) is 19.3 Å². The summed E-state index contributed by atoms with van der Waals surface area (Å²) in [6.45, 7) is 3.29. The molecule has 5 rings (SSSR count). The van der Waals surface area contributed by atoms with E-state index in [9.17, 15) is 4.79 Å². The lowest BCUT2D eigenvalue weighted by molar-refractivity contribution is -0.926. The Balaban J connectivity index is 0.00000182. The lowest BCUT2D eigenvalue weighted by atomic mass is 9.81. The van der Waals surface area contributed by atoms with Gasteiger partial charge in [-0.1, -0.05) is 30.3 Å². The molecule has 0 radical (unpaired) electrons. The average molecular weight is 471 g/mol. The van der Waals surface area contributed by atoms with Gasteiger partial charge in [0.15, 0.2) is 5.82 Å². The van der Waals surface area contributed by atoms with Gasteiger partial charge in [0.05, 0.1) is 37.1 Å². The van der Waals surface area contributed by atoms with Crippen LogP contribution in [0.1, 0.15) is 19.3 Å². The minimum Gasteiger partial charge on any atom is -1.00 e. The number of piperidine rings is 3. The molecule has 1 aromatic heterocycles. The Hall–Kier alpha value is -1.19. The van der Waals surface area contributed by atoms with Gasteiger partial charge in [0.2, 0.25) is 0 Å². The number of ether oxygens (including phenoxy) is 1. The summed E-state index contributed by atoms with van der Waals surface area (Å²) in [5.41, 5.74) is 2.53. The van der Waals surface area contributed by atoms with E-state index in [0.717, 1.165) is 53.8 Å². The van der Waals surface area contributed by atoms with Crippen molar-refractivity contribution >= 4 is 23.2 Å². The number of hydrogen-bond donors (Lipinski definition) is 1. The SMILES string of the molecule is C[N+]12CCC(OC(=O)Nc3ncsc3-c3ccccc3)(CC1)CC2.[I-]. The number of anilines is 1. The smallest absolute Gasteiger partial charge is 0.413 e. The van der Waals surface area contributed by atoms with E-state index in [1.807, 2.05) is 30.3 Å². The largest absolute Gasteiger partial charge is 1.00 e. The number of hydrogen-bond acceptors (Lipinski definition) is 4. The van der Waals surface area contributed by atoms with Gasteiger partial charge in [-0.15, -0.1) is 11.3 Å². The van der Waals surface area contributed by atoms with Gasteiger partial charge in [-0.2, -0.15) is 0 Å². The van der Waals surface area contributed by atoms with Gasteiger partial charge < -0.3 is 33.2 Å². The van der Waals surface area contributed by atoms with E-state index < -0.39 is 0 Å². The summed E-state index contributed by atoms with van der Waals surface area (Å²) < 4.78 is 7.00. The zero-order valence-electron chi connectivity index (χ0n) is 14.2. The van der Waals surface area contributed by atoms with E-state index in [0.29, 0.717) is 5.82 Å². The molecule has 5 nitrogen and oxygen atoms in total. The highest BCUT2D eigenvalue weighted by Gasteiger charge is 2.49.